The summed E-state index contributed by atoms with van der Waals surface area (Å²) in [4.78, 5) is 40.0. The summed E-state index contributed by atoms with van der Waals surface area (Å²) in [6.45, 7) is 1.05. The number of nitrogens with one attached hydrogen (secondary N) is 1. The third-order valence-corrected chi connectivity index (χ3v) is 9.73. The number of halogens is 1. The zero-order valence-corrected chi connectivity index (χ0v) is 25.5. The second kappa shape index (κ2) is 14.5. The highest BCUT2D eigenvalue weighted by Gasteiger charge is 2.35. The van der Waals surface area contributed by atoms with Gasteiger partial charge in [-0.2, -0.15) is 0 Å². The Morgan fingerprint density at radius 3 is 2.33 bits per heavy atom. The van der Waals surface area contributed by atoms with E-state index in [0.717, 1.165) is 42.5 Å². The molecule has 0 aromatic heterocycles. The first kappa shape index (κ1) is 32.0. The molecule has 0 unspecified atom stereocenters. The van der Waals surface area contributed by atoms with Gasteiger partial charge in [-0.05, 0) is 49.1 Å². The first-order chi connectivity index (χ1) is 20.6. The van der Waals surface area contributed by atoms with Crippen molar-refractivity contribution in [2.45, 2.75) is 69.0 Å². The Hall–Kier alpha value is -3.96. The van der Waals surface area contributed by atoms with Crippen LogP contribution in [0.1, 0.15) is 51.0 Å². The van der Waals surface area contributed by atoms with Crippen LogP contribution in [0.25, 0.3) is 0 Å². The van der Waals surface area contributed by atoms with Gasteiger partial charge in [0.15, 0.2) is 0 Å². The molecule has 10 nitrogen and oxygen atoms in total. The summed E-state index contributed by atoms with van der Waals surface area (Å²) in [5.74, 6) is -0.973. The number of carbonyl (C=O) groups excluding carboxylic acids is 2. The van der Waals surface area contributed by atoms with E-state index in [1.807, 2.05) is 0 Å². The topological polar surface area (TPSA) is 130 Å². The summed E-state index contributed by atoms with van der Waals surface area (Å²) >= 11 is 6.45. The number of amides is 2. The number of rotatable bonds is 12. The maximum Gasteiger partial charge on any atom is 0.271 e. The van der Waals surface area contributed by atoms with Gasteiger partial charge in [-0.25, -0.2) is 8.42 Å². The molecule has 43 heavy (non-hydrogen) atoms. The molecule has 228 valence electrons. The molecule has 2 amide bonds. The van der Waals surface area contributed by atoms with Crippen molar-refractivity contribution < 1.29 is 22.9 Å². The quantitative estimate of drug-likeness (QED) is 0.203. The highest BCUT2D eigenvalue weighted by atomic mass is 35.5. The maximum absolute atomic E-state index is 14.2. The lowest BCUT2D eigenvalue weighted by Crippen LogP contribution is -2.54. The SMILES string of the molecule is CC[C@@H](C(=O)NC1CCCCC1)N(Cc1ccccc1Cl)C(=O)CN(c1cccc([N+](=O)[O-])c1)S(=O)(=O)c1ccccc1. The fourth-order valence-electron chi connectivity index (χ4n) is 5.28. The number of anilines is 1. The van der Waals surface area contributed by atoms with E-state index in [9.17, 15) is 28.1 Å². The Kier molecular flexibility index (Phi) is 10.8. The Balaban J connectivity index is 1.74. The molecule has 1 aliphatic rings. The molecular weight excluding hydrogens is 592 g/mol. The van der Waals surface area contributed by atoms with Crippen LogP contribution in [0.2, 0.25) is 5.02 Å². The third kappa shape index (κ3) is 7.91. The summed E-state index contributed by atoms with van der Waals surface area (Å²) in [6, 6.07) is 18.7. The van der Waals surface area contributed by atoms with Crippen LogP contribution in [0.15, 0.2) is 83.8 Å². The van der Waals surface area contributed by atoms with Crippen molar-refractivity contribution in [3.63, 3.8) is 0 Å². The summed E-state index contributed by atoms with van der Waals surface area (Å²) in [6.07, 6.45) is 5.13. The van der Waals surface area contributed by atoms with Crippen molar-refractivity contribution in [2.75, 3.05) is 10.8 Å². The first-order valence-corrected chi connectivity index (χ1v) is 16.1. The fraction of sp³-hybridized carbons (Fsp3) is 0.355. The van der Waals surface area contributed by atoms with E-state index in [2.05, 4.69) is 5.32 Å². The molecule has 12 heteroatoms. The number of benzene rings is 3. The van der Waals surface area contributed by atoms with Crippen molar-refractivity contribution in [3.8, 4) is 0 Å². The van der Waals surface area contributed by atoms with Crippen LogP contribution in [-0.4, -0.2) is 48.7 Å². The molecule has 1 saturated carbocycles. The number of hydrogen-bond acceptors (Lipinski definition) is 6. The van der Waals surface area contributed by atoms with Crippen molar-refractivity contribution in [1.82, 2.24) is 10.2 Å². The number of sulfonamides is 1. The van der Waals surface area contributed by atoms with Gasteiger partial charge in [0, 0.05) is 29.7 Å². The largest absolute Gasteiger partial charge is 0.352 e. The Morgan fingerprint density at radius 2 is 1.67 bits per heavy atom. The van der Waals surface area contributed by atoms with Gasteiger partial charge in [0.2, 0.25) is 11.8 Å². The van der Waals surface area contributed by atoms with Crippen LogP contribution in [0.4, 0.5) is 11.4 Å². The van der Waals surface area contributed by atoms with E-state index >= 15 is 0 Å². The van der Waals surface area contributed by atoms with Gasteiger partial charge in [0.25, 0.3) is 15.7 Å². The fourth-order valence-corrected chi connectivity index (χ4v) is 6.91. The number of non-ortho nitro benzene ring substituents is 1. The average molecular weight is 627 g/mol. The minimum absolute atomic E-state index is 0.00684. The van der Waals surface area contributed by atoms with Gasteiger partial charge >= 0.3 is 0 Å². The standard InChI is InChI=1S/C31H35ClN4O6S/c1-2-29(31(38)33-24-13-5-3-6-14-24)34(21-23-12-9-10-19-28(23)32)30(37)22-35(25-15-11-16-26(20-25)36(39)40)43(41,42)27-17-7-4-8-18-27/h4,7-12,15-20,24,29H,2-3,5-6,13-14,21-22H2,1H3,(H,33,38)/t29-/m0/s1. The van der Waals surface area contributed by atoms with Crippen LogP contribution in [-0.2, 0) is 26.2 Å². The lowest BCUT2D eigenvalue weighted by molar-refractivity contribution is -0.384. The van der Waals surface area contributed by atoms with E-state index in [-0.39, 0.29) is 41.2 Å². The second-order valence-corrected chi connectivity index (χ2v) is 12.8. The zero-order valence-electron chi connectivity index (χ0n) is 23.9. The van der Waals surface area contributed by atoms with Crippen LogP contribution < -0.4 is 9.62 Å². The molecule has 4 rings (SSSR count). The molecule has 3 aromatic carbocycles. The summed E-state index contributed by atoms with van der Waals surface area (Å²) in [7, 11) is -4.34. The summed E-state index contributed by atoms with van der Waals surface area (Å²) < 4.78 is 28.7. The molecule has 1 N–H and O–H groups in total. The van der Waals surface area contributed by atoms with E-state index < -0.39 is 33.4 Å². The van der Waals surface area contributed by atoms with Crippen molar-refractivity contribution in [2.24, 2.45) is 0 Å². The maximum atomic E-state index is 14.2. The molecule has 0 radical (unpaired) electrons. The van der Waals surface area contributed by atoms with E-state index in [1.165, 1.54) is 35.2 Å². The van der Waals surface area contributed by atoms with Gasteiger partial charge in [-0.1, -0.05) is 80.3 Å². The van der Waals surface area contributed by atoms with E-state index in [4.69, 9.17) is 11.6 Å². The van der Waals surface area contributed by atoms with Crippen molar-refractivity contribution in [3.05, 3.63) is 99.6 Å². The number of carbonyl (C=O) groups is 2. The minimum Gasteiger partial charge on any atom is -0.352 e. The van der Waals surface area contributed by atoms with Gasteiger partial charge in [0.1, 0.15) is 12.6 Å². The number of nitrogens with zero attached hydrogens (tertiary/aromatic N) is 3. The van der Waals surface area contributed by atoms with Crippen LogP contribution in [0.5, 0.6) is 0 Å². The molecule has 0 heterocycles. The molecule has 3 aromatic rings. The molecule has 1 atom stereocenters. The normalized spacial score (nSPS) is 14.5. The third-order valence-electron chi connectivity index (χ3n) is 7.57. The monoisotopic (exact) mass is 626 g/mol. The molecule has 1 fully saturated rings. The molecule has 0 spiro atoms. The average Bonchev–Trinajstić information content (AvgIpc) is 3.01. The van der Waals surface area contributed by atoms with Crippen molar-refractivity contribution >= 4 is 44.8 Å². The van der Waals surface area contributed by atoms with Crippen LogP contribution in [0.3, 0.4) is 0 Å². The molecular formula is C31H35ClN4O6S. The molecule has 0 bridgehead atoms. The van der Waals surface area contributed by atoms with Gasteiger partial charge < -0.3 is 10.2 Å². The van der Waals surface area contributed by atoms with Gasteiger partial charge in [0.05, 0.1) is 15.5 Å². The minimum atomic E-state index is -4.34. The molecule has 1 aliphatic carbocycles. The molecule has 0 saturated heterocycles. The predicted octanol–water partition coefficient (Wildman–Crippen LogP) is 5.70. The smallest absolute Gasteiger partial charge is 0.271 e. The van der Waals surface area contributed by atoms with Gasteiger partial charge in [-0.3, -0.25) is 24.0 Å². The number of hydrogen-bond donors (Lipinski definition) is 1. The van der Waals surface area contributed by atoms with E-state index in [0.29, 0.717) is 10.6 Å². The Bertz CT molecular complexity index is 1550. The van der Waals surface area contributed by atoms with Gasteiger partial charge in [-0.15, -0.1) is 0 Å². The van der Waals surface area contributed by atoms with Crippen LogP contribution >= 0.6 is 11.6 Å². The lowest BCUT2D eigenvalue weighted by atomic mass is 9.95. The molecule has 0 aliphatic heterocycles. The first-order valence-electron chi connectivity index (χ1n) is 14.3. The van der Waals surface area contributed by atoms with Crippen LogP contribution in [0, 0.1) is 10.1 Å². The number of nitro benzene ring substituents is 1. The highest BCUT2D eigenvalue weighted by molar-refractivity contribution is 7.92. The van der Waals surface area contributed by atoms with Crippen molar-refractivity contribution in [1.29, 1.82) is 0 Å². The Morgan fingerprint density at radius 1 is 1.00 bits per heavy atom. The Labute approximate surface area is 256 Å². The second-order valence-electron chi connectivity index (χ2n) is 10.5. The predicted molar refractivity (Wildman–Crippen MR) is 165 cm³/mol. The number of nitro groups is 1. The summed E-state index contributed by atoms with van der Waals surface area (Å²) in [5, 5.41) is 15.0. The van der Waals surface area contributed by atoms with E-state index in [1.54, 1.807) is 49.4 Å². The zero-order chi connectivity index (χ0) is 31.0. The summed E-state index contributed by atoms with van der Waals surface area (Å²) in [5.41, 5.74) is 0.211. The lowest BCUT2D eigenvalue weighted by Gasteiger charge is -2.34. The highest BCUT2D eigenvalue weighted by Crippen LogP contribution is 2.28.